The Morgan fingerprint density at radius 2 is 1.88 bits per heavy atom. The quantitative estimate of drug-likeness (QED) is 0.805. The lowest BCUT2D eigenvalue weighted by Crippen LogP contribution is -2.42. The summed E-state index contributed by atoms with van der Waals surface area (Å²) >= 11 is 0. The van der Waals surface area contributed by atoms with E-state index in [1.165, 1.54) is 0 Å². The molecule has 1 saturated heterocycles. The molecule has 1 atom stereocenters. The third kappa shape index (κ3) is 2.14. The Labute approximate surface area is 146 Å². The number of fused-ring (bicyclic) bond motifs is 2. The van der Waals surface area contributed by atoms with Crippen molar-refractivity contribution in [2.45, 2.75) is 11.8 Å². The fourth-order valence-electron chi connectivity index (χ4n) is 3.96. The van der Waals surface area contributed by atoms with Crippen LogP contribution >= 0.6 is 0 Å². The van der Waals surface area contributed by atoms with E-state index in [0.717, 1.165) is 11.3 Å². The maximum atomic E-state index is 12.9. The number of likely N-dealkylation sites (N-methyl/N-ethyl adjacent to an activating group) is 1. The van der Waals surface area contributed by atoms with Gasteiger partial charge < -0.3 is 9.80 Å². The summed E-state index contributed by atoms with van der Waals surface area (Å²) in [5.41, 5.74) is 2.38. The second kappa shape index (κ2) is 5.45. The summed E-state index contributed by atoms with van der Waals surface area (Å²) in [6.45, 7) is 0.943. The SMILES string of the molecule is CN1C(=O)C2(CCN(C(=O)c3ccc(C#N)cc3)C2)c2ccccc21. The molecule has 124 valence electrons. The summed E-state index contributed by atoms with van der Waals surface area (Å²) in [4.78, 5) is 29.2. The molecule has 1 unspecified atom stereocenters. The molecule has 2 aromatic rings. The molecule has 1 spiro atoms. The minimum atomic E-state index is -0.631. The van der Waals surface area contributed by atoms with E-state index in [2.05, 4.69) is 0 Å². The molecule has 25 heavy (non-hydrogen) atoms. The highest BCUT2D eigenvalue weighted by Gasteiger charge is 2.54. The van der Waals surface area contributed by atoms with E-state index in [9.17, 15) is 9.59 Å². The topological polar surface area (TPSA) is 64.4 Å². The normalized spacial score (nSPS) is 21.5. The summed E-state index contributed by atoms with van der Waals surface area (Å²) in [6, 6.07) is 16.5. The molecule has 0 N–H and O–H groups in total. The molecule has 4 rings (SSSR count). The van der Waals surface area contributed by atoms with Gasteiger partial charge in [-0.15, -0.1) is 0 Å². The zero-order valence-corrected chi connectivity index (χ0v) is 13.9. The van der Waals surface area contributed by atoms with Crippen molar-refractivity contribution in [1.82, 2.24) is 4.90 Å². The maximum absolute atomic E-state index is 12.9. The second-order valence-corrected chi connectivity index (χ2v) is 6.63. The van der Waals surface area contributed by atoms with Crippen LogP contribution in [0.3, 0.4) is 0 Å². The highest BCUT2D eigenvalue weighted by molar-refractivity contribution is 6.09. The number of carbonyl (C=O) groups excluding carboxylic acids is 2. The van der Waals surface area contributed by atoms with E-state index in [1.54, 1.807) is 41.1 Å². The van der Waals surface area contributed by atoms with Gasteiger partial charge in [0.15, 0.2) is 0 Å². The first kappa shape index (κ1) is 15.4. The number of amides is 2. The first-order valence-corrected chi connectivity index (χ1v) is 8.24. The molecule has 5 heteroatoms. The van der Waals surface area contributed by atoms with Crippen molar-refractivity contribution in [2.24, 2.45) is 0 Å². The van der Waals surface area contributed by atoms with Gasteiger partial charge in [0, 0.05) is 31.4 Å². The standard InChI is InChI=1S/C20H17N3O2/c1-22-17-5-3-2-4-16(17)20(19(22)25)10-11-23(13-20)18(24)15-8-6-14(12-21)7-9-15/h2-9H,10-11,13H2,1H3. The lowest BCUT2D eigenvalue weighted by atomic mass is 9.81. The van der Waals surface area contributed by atoms with Crippen LogP contribution in [0.2, 0.25) is 0 Å². The molecule has 2 amide bonds. The number of hydrogen-bond donors (Lipinski definition) is 0. The van der Waals surface area contributed by atoms with Crippen LogP contribution < -0.4 is 4.90 Å². The average Bonchev–Trinajstić information content (AvgIpc) is 3.20. The average molecular weight is 331 g/mol. The number of rotatable bonds is 1. The summed E-state index contributed by atoms with van der Waals surface area (Å²) in [5, 5.41) is 8.88. The molecular formula is C20H17N3O2. The Balaban J connectivity index is 1.64. The summed E-state index contributed by atoms with van der Waals surface area (Å²) in [5.74, 6) is -0.0370. The molecule has 0 bridgehead atoms. The van der Waals surface area contributed by atoms with E-state index in [-0.39, 0.29) is 11.8 Å². The number of anilines is 1. The smallest absolute Gasteiger partial charge is 0.253 e. The molecule has 1 fully saturated rings. The first-order valence-electron chi connectivity index (χ1n) is 8.24. The first-order chi connectivity index (χ1) is 12.1. The fourth-order valence-corrected chi connectivity index (χ4v) is 3.96. The zero-order valence-electron chi connectivity index (χ0n) is 13.9. The van der Waals surface area contributed by atoms with Gasteiger partial charge in [-0.1, -0.05) is 18.2 Å². The third-order valence-corrected chi connectivity index (χ3v) is 5.31. The van der Waals surface area contributed by atoms with Crippen LogP contribution in [0.4, 0.5) is 5.69 Å². The largest absolute Gasteiger partial charge is 0.337 e. The fraction of sp³-hybridized carbons (Fsp3) is 0.250. The van der Waals surface area contributed by atoms with Gasteiger partial charge in [-0.25, -0.2) is 0 Å². The molecule has 0 radical (unpaired) electrons. The van der Waals surface area contributed by atoms with Gasteiger partial charge in [0.25, 0.3) is 5.91 Å². The number of likely N-dealkylation sites (tertiary alicyclic amines) is 1. The predicted molar refractivity (Wildman–Crippen MR) is 93.2 cm³/mol. The van der Waals surface area contributed by atoms with Crippen LogP contribution in [-0.2, 0) is 10.2 Å². The second-order valence-electron chi connectivity index (χ2n) is 6.63. The lowest BCUT2D eigenvalue weighted by Gasteiger charge is -2.23. The van der Waals surface area contributed by atoms with E-state index in [1.807, 2.05) is 30.3 Å². The van der Waals surface area contributed by atoms with Crippen molar-refractivity contribution in [3.8, 4) is 6.07 Å². The molecular weight excluding hydrogens is 314 g/mol. The lowest BCUT2D eigenvalue weighted by molar-refractivity contribution is -0.122. The summed E-state index contributed by atoms with van der Waals surface area (Å²) in [6.07, 6.45) is 0.634. The Bertz CT molecular complexity index is 913. The monoisotopic (exact) mass is 331 g/mol. The van der Waals surface area contributed by atoms with Crippen molar-refractivity contribution in [2.75, 3.05) is 25.0 Å². The van der Waals surface area contributed by atoms with Crippen LogP contribution in [0.25, 0.3) is 0 Å². The maximum Gasteiger partial charge on any atom is 0.253 e. The predicted octanol–water partition coefficient (Wildman–Crippen LogP) is 2.32. The molecule has 0 aromatic heterocycles. The highest BCUT2D eigenvalue weighted by Crippen LogP contribution is 2.46. The van der Waals surface area contributed by atoms with Gasteiger partial charge in [-0.3, -0.25) is 9.59 Å². The molecule has 0 saturated carbocycles. The minimum Gasteiger partial charge on any atom is -0.337 e. The van der Waals surface area contributed by atoms with Crippen LogP contribution in [0.1, 0.15) is 27.9 Å². The minimum absolute atomic E-state index is 0.0591. The Morgan fingerprint density at radius 1 is 1.16 bits per heavy atom. The van der Waals surface area contributed by atoms with E-state index in [4.69, 9.17) is 5.26 Å². The number of para-hydroxylation sites is 1. The molecule has 0 aliphatic carbocycles. The van der Waals surface area contributed by atoms with Gasteiger partial charge in [0.1, 0.15) is 0 Å². The molecule has 2 heterocycles. The molecule has 2 aromatic carbocycles. The third-order valence-electron chi connectivity index (χ3n) is 5.31. The highest BCUT2D eigenvalue weighted by atomic mass is 16.2. The number of benzene rings is 2. The van der Waals surface area contributed by atoms with Gasteiger partial charge in [0.05, 0.1) is 17.0 Å². The van der Waals surface area contributed by atoms with Crippen LogP contribution in [0.15, 0.2) is 48.5 Å². The number of nitrogens with zero attached hydrogens (tertiary/aromatic N) is 3. The van der Waals surface area contributed by atoms with Crippen LogP contribution in [0, 0.1) is 11.3 Å². The number of hydrogen-bond acceptors (Lipinski definition) is 3. The van der Waals surface area contributed by atoms with Gasteiger partial charge in [-0.2, -0.15) is 5.26 Å². The Morgan fingerprint density at radius 3 is 2.60 bits per heavy atom. The van der Waals surface area contributed by atoms with Gasteiger partial charge in [0.2, 0.25) is 5.91 Å². The zero-order chi connectivity index (χ0) is 17.6. The van der Waals surface area contributed by atoms with Crippen molar-refractivity contribution in [3.63, 3.8) is 0 Å². The van der Waals surface area contributed by atoms with Crippen molar-refractivity contribution in [1.29, 1.82) is 5.26 Å². The number of carbonyl (C=O) groups is 2. The Kier molecular flexibility index (Phi) is 3.36. The van der Waals surface area contributed by atoms with Gasteiger partial charge >= 0.3 is 0 Å². The molecule has 2 aliphatic heterocycles. The molecule has 5 nitrogen and oxygen atoms in total. The summed E-state index contributed by atoms with van der Waals surface area (Å²) < 4.78 is 0. The summed E-state index contributed by atoms with van der Waals surface area (Å²) in [7, 11) is 1.79. The van der Waals surface area contributed by atoms with Crippen molar-refractivity contribution in [3.05, 3.63) is 65.2 Å². The van der Waals surface area contributed by atoms with Crippen LogP contribution in [0.5, 0.6) is 0 Å². The van der Waals surface area contributed by atoms with E-state index < -0.39 is 5.41 Å². The Hall–Kier alpha value is -3.13. The molecule has 2 aliphatic rings. The van der Waals surface area contributed by atoms with E-state index >= 15 is 0 Å². The van der Waals surface area contributed by atoms with E-state index in [0.29, 0.717) is 30.6 Å². The van der Waals surface area contributed by atoms with Crippen molar-refractivity contribution >= 4 is 17.5 Å². The number of nitriles is 1. The van der Waals surface area contributed by atoms with Gasteiger partial charge in [-0.05, 0) is 42.3 Å². The van der Waals surface area contributed by atoms with Crippen molar-refractivity contribution < 1.29 is 9.59 Å². The van der Waals surface area contributed by atoms with Crippen LogP contribution in [-0.4, -0.2) is 36.9 Å².